The maximum absolute atomic E-state index is 13.1. The second-order valence-corrected chi connectivity index (χ2v) is 8.41. The first-order valence-corrected chi connectivity index (χ1v) is 10.7. The fourth-order valence-electron chi connectivity index (χ4n) is 4.45. The van der Waals surface area contributed by atoms with E-state index in [9.17, 15) is 14.7 Å². The van der Waals surface area contributed by atoms with Crippen LogP contribution in [0.2, 0.25) is 0 Å². The molecule has 0 bridgehead atoms. The molecule has 1 unspecified atom stereocenters. The highest BCUT2D eigenvalue weighted by Crippen LogP contribution is 2.30. The van der Waals surface area contributed by atoms with Crippen molar-refractivity contribution < 1.29 is 14.7 Å². The lowest BCUT2D eigenvalue weighted by molar-refractivity contribution is -0.129. The van der Waals surface area contributed by atoms with Crippen LogP contribution < -0.4 is 0 Å². The number of carbonyl (C=O) groups excluding carboxylic acids is 2. The standard InChI is InChI=1S/C26H28N2O3/c1-17-5-4-6-18(2)25(17)22-9-7-21-14-23(10-8-20(21)13-22)26(31)28-12-11-27(19(3)29)15-24(30)16-28/h4-10,13-14,24,30H,11-12,15-16H2,1-3H3. The summed E-state index contributed by atoms with van der Waals surface area (Å²) >= 11 is 0. The summed E-state index contributed by atoms with van der Waals surface area (Å²) in [6.07, 6.45) is -0.740. The zero-order valence-corrected chi connectivity index (χ0v) is 18.3. The molecule has 3 aromatic rings. The first-order chi connectivity index (χ1) is 14.8. The molecule has 0 aromatic heterocycles. The van der Waals surface area contributed by atoms with Gasteiger partial charge in [-0.25, -0.2) is 0 Å². The Balaban J connectivity index is 1.61. The van der Waals surface area contributed by atoms with Crippen LogP contribution in [0.25, 0.3) is 21.9 Å². The van der Waals surface area contributed by atoms with E-state index in [2.05, 4.69) is 50.2 Å². The first-order valence-electron chi connectivity index (χ1n) is 10.7. The molecule has 31 heavy (non-hydrogen) atoms. The molecule has 0 spiro atoms. The van der Waals surface area contributed by atoms with E-state index in [0.717, 1.165) is 10.8 Å². The monoisotopic (exact) mass is 416 g/mol. The van der Waals surface area contributed by atoms with E-state index in [4.69, 9.17) is 0 Å². The molecular weight excluding hydrogens is 388 g/mol. The maximum Gasteiger partial charge on any atom is 0.254 e. The molecule has 1 N–H and O–H groups in total. The van der Waals surface area contributed by atoms with Crippen molar-refractivity contribution in [1.29, 1.82) is 0 Å². The number of fused-ring (bicyclic) bond motifs is 1. The van der Waals surface area contributed by atoms with Gasteiger partial charge < -0.3 is 14.9 Å². The van der Waals surface area contributed by atoms with Crippen molar-refractivity contribution >= 4 is 22.6 Å². The SMILES string of the molecule is CC(=O)N1CCN(C(=O)c2ccc3cc(-c4c(C)cccc4C)ccc3c2)CC(O)C1. The molecule has 0 aliphatic carbocycles. The summed E-state index contributed by atoms with van der Waals surface area (Å²) in [6.45, 7) is 7.07. The van der Waals surface area contributed by atoms with Gasteiger partial charge in [0.25, 0.3) is 5.91 Å². The lowest BCUT2D eigenvalue weighted by Gasteiger charge is -2.22. The minimum Gasteiger partial charge on any atom is -0.389 e. The molecule has 5 nitrogen and oxygen atoms in total. The molecule has 2 amide bonds. The number of benzene rings is 3. The zero-order valence-electron chi connectivity index (χ0n) is 18.3. The number of aliphatic hydroxyl groups excluding tert-OH is 1. The number of amides is 2. The first kappa shape index (κ1) is 21.1. The molecule has 160 valence electrons. The largest absolute Gasteiger partial charge is 0.389 e. The molecule has 1 fully saturated rings. The van der Waals surface area contributed by atoms with Crippen molar-refractivity contribution in [3.63, 3.8) is 0 Å². The third-order valence-corrected chi connectivity index (χ3v) is 6.09. The predicted octanol–water partition coefficient (Wildman–Crippen LogP) is 3.79. The lowest BCUT2D eigenvalue weighted by atomic mass is 9.93. The number of hydrogen-bond donors (Lipinski definition) is 1. The summed E-state index contributed by atoms with van der Waals surface area (Å²) in [4.78, 5) is 28.0. The Kier molecular flexibility index (Phi) is 5.79. The van der Waals surface area contributed by atoms with E-state index < -0.39 is 6.10 Å². The van der Waals surface area contributed by atoms with Crippen LogP contribution in [0.4, 0.5) is 0 Å². The van der Waals surface area contributed by atoms with Crippen molar-refractivity contribution in [3.8, 4) is 11.1 Å². The smallest absolute Gasteiger partial charge is 0.254 e. The van der Waals surface area contributed by atoms with E-state index >= 15 is 0 Å². The predicted molar refractivity (Wildman–Crippen MR) is 123 cm³/mol. The summed E-state index contributed by atoms with van der Waals surface area (Å²) in [7, 11) is 0. The Labute approximate surface area is 182 Å². The van der Waals surface area contributed by atoms with Crippen LogP contribution in [0.5, 0.6) is 0 Å². The molecule has 0 radical (unpaired) electrons. The summed E-state index contributed by atoms with van der Waals surface area (Å²) in [6, 6.07) is 18.4. The summed E-state index contributed by atoms with van der Waals surface area (Å²) in [5, 5.41) is 12.3. The fraction of sp³-hybridized carbons (Fsp3) is 0.308. The topological polar surface area (TPSA) is 60.9 Å². The van der Waals surface area contributed by atoms with Gasteiger partial charge in [0, 0.05) is 38.7 Å². The number of β-amino-alcohol motifs (C(OH)–C–C–N with tert-alkyl or cyclic N) is 1. The average molecular weight is 417 g/mol. The Morgan fingerprint density at radius 2 is 1.48 bits per heavy atom. The van der Waals surface area contributed by atoms with Gasteiger partial charge in [0.1, 0.15) is 0 Å². The highest BCUT2D eigenvalue weighted by atomic mass is 16.3. The van der Waals surface area contributed by atoms with Gasteiger partial charge in [0.2, 0.25) is 5.91 Å². The third-order valence-electron chi connectivity index (χ3n) is 6.09. The van der Waals surface area contributed by atoms with Crippen molar-refractivity contribution in [1.82, 2.24) is 9.80 Å². The lowest BCUT2D eigenvalue weighted by Crippen LogP contribution is -2.37. The molecule has 0 saturated carbocycles. The summed E-state index contributed by atoms with van der Waals surface area (Å²) in [5.74, 6) is -0.205. The molecule has 3 aromatic carbocycles. The Morgan fingerprint density at radius 3 is 2.19 bits per heavy atom. The number of aryl methyl sites for hydroxylation is 2. The van der Waals surface area contributed by atoms with Gasteiger partial charge in [-0.05, 0) is 65.1 Å². The second kappa shape index (κ2) is 8.52. The van der Waals surface area contributed by atoms with Crippen LogP contribution in [-0.2, 0) is 4.79 Å². The quantitative estimate of drug-likeness (QED) is 0.691. The molecule has 1 heterocycles. The number of nitrogens with zero attached hydrogens (tertiary/aromatic N) is 2. The Hall–Kier alpha value is -3.18. The molecule has 4 rings (SSSR count). The van der Waals surface area contributed by atoms with Gasteiger partial charge >= 0.3 is 0 Å². The third kappa shape index (κ3) is 4.32. The minimum atomic E-state index is -0.740. The van der Waals surface area contributed by atoms with Gasteiger partial charge in [0.15, 0.2) is 0 Å². The minimum absolute atomic E-state index is 0.0845. The van der Waals surface area contributed by atoms with E-state index in [1.807, 2.05) is 18.2 Å². The van der Waals surface area contributed by atoms with Crippen molar-refractivity contribution in [2.45, 2.75) is 26.9 Å². The average Bonchev–Trinajstić information content (AvgIpc) is 2.94. The second-order valence-electron chi connectivity index (χ2n) is 8.41. The molecule has 1 atom stereocenters. The highest BCUT2D eigenvalue weighted by molar-refractivity contribution is 5.99. The van der Waals surface area contributed by atoms with Crippen molar-refractivity contribution in [2.24, 2.45) is 0 Å². The Bertz CT molecular complexity index is 1130. The summed E-state index contributed by atoms with van der Waals surface area (Å²) < 4.78 is 0. The van der Waals surface area contributed by atoms with Crippen molar-refractivity contribution in [3.05, 3.63) is 71.3 Å². The van der Waals surface area contributed by atoms with Crippen LogP contribution in [0.15, 0.2) is 54.6 Å². The number of aliphatic hydroxyl groups is 1. The van der Waals surface area contributed by atoms with Gasteiger partial charge in [-0.1, -0.05) is 36.4 Å². The fourth-order valence-corrected chi connectivity index (χ4v) is 4.45. The van der Waals surface area contributed by atoms with Crippen LogP contribution in [0.1, 0.15) is 28.4 Å². The van der Waals surface area contributed by atoms with Gasteiger partial charge in [-0.2, -0.15) is 0 Å². The van der Waals surface area contributed by atoms with Gasteiger partial charge in [0.05, 0.1) is 6.10 Å². The number of hydrogen-bond acceptors (Lipinski definition) is 3. The van der Waals surface area contributed by atoms with Gasteiger partial charge in [-0.3, -0.25) is 9.59 Å². The van der Waals surface area contributed by atoms with E-state index in [0.29, 0.717) is 18.7 Å². The zero-order chi connectivity index (χ0) is 22.1. The normalized spacial score (nSPS) is 17.0. The van der Waals surface area contributed by atoms with Crippen LogP contribution in [-0.4, -0.2) is 59.0 Å². The maximum atomic E-state index is 13.1. The molecular formula is C26H28N2O3. The van der Waals surface area contributed by atoms with E-state index in [1.54, 1.807) is 9.80 Å². The summed E-state index contributed by atoms with van der Waals surface area (Å²) in [5.41, 5.74) is 5.49. The molecule has 1 aliphatic rings. The Morgan fingerprint density at radius 1 is 0.871 bits per heavy atom. The van der Waals surface area contributed by atoms with Crippen LogP contribution >= 0.6 is 0 Å². The van der Waals surface area contributed by atoms with Crippen LogP contribution in [0.3, 0.4) is 0 Å². The van der Waals surface area contributed by atoms with E-state index in [1.165, 1.54) is 29.2 Å². The van der Waals surface area contributed by atoms with E-state index in [-0.39, 0.29) is 24.9 Å². The van der Waals surface area contributed by atoms with Crippen molar-refractivity contribution in [2.75, 3.05) is 26.2 Å². The molecule has 1 aliphatic heterocycles. The highest BCUT2D eigenvalue weighted by Gasteiger charge is 2.26. The van der Waals surface area contributed by atoms with Gasteiger partial charge in [-0.15, -0.1) is 0 Å². The molecule has 1 saturated heterocycles. The number of rotatable bonds is 2. The van der Waals surface area contributed by atoms with Crippen LogP contribution in [0, 0.1) is 13.8 Å². The number of carbonyl (C=O) groups is 2. The molecule has 5 heteroatoms.